The van der Waals surface area contributed by atoms with Gasteiger partial charge >= 0.3 is 0 Å². The van der Waals surface area contributed by atoms with Gasteiger partial charge in [0.15, 0.2) is 5.76 Å². The lowest BCUT2D eigenvalue weighted by Crippen LogP contribution is -2.07. The van der Waals surface area contributed by atoms with Crippen molar-refractivity contribution in [2.45, 2.75) is 13.5 Å². The number of nitrogens with zero attached hydrogens (tertiary/aromatic N) is 1. The van der Waals surface area contributed by atoms with Gasteiger partial charge in [-0.05, 0) is 30.3 Å². The molecule has 1 aromatic heterocycles. The Labute approximate surface area is 148 Å². The van der Waals surface area contributed by atoms with Gasteiger partial charge in [-0.15, -0.1) is 0 Å². The number of benzene rings is 2. The Balaban J connectivity index is 1.71. The second-order valence-corrected chi connectivity index (χ2v) is 5.79. The molecule has 0 saturated heterocycles. The average Bonchev–Trinajstić information content (AvgIpc) is 3.04. The fourth-order valence-corrected chi connectivity index (χ4v) is 2.47. The van der Waals surface area contributed by atoms with Crippen molar-refractivity contribution >= 4 is 28.9 Å². The number of hydrogen-bond donors (Lipinski definition) is 2. The van der Waals surface area contributed by atoms with Crippen molar-refractivity contribution in [2.24, 2.45) is 0 Å². The van der Waals surface area contributed by atoms with Crippen LogP contribution in [-0.4, -0.2) is 10.9 Å². The predicted molar refractivity (Wildman–Crippen MR) is 95.0 cm³/mol. The molecule has 25 heavy (non-hydrogen) atoms. The number of aromatic nitrogens is 1. The predicted octanol–water partition coefficient (Wildman–Crippen LogP) is 4.70. The Bertz CT molecular complexity index is 911. The molecule has 7 heteroatoms. The van der Waals surface area contributed by atoms with E-state index in [1.807, 2.05) is 12.1 Å². The summed E-state index contributed by atoms with van der Waals surface area (Å²) in [5.74, 6) is 0.318. The van der Waals surface area contributed by atoms with E-state index in [1.54, 1.807) is 18.3 Å². The molecule has 3 rings (SSSR count). The van der Waals surface area contributed by atoms with Crippen LogP contribution in [0.4, 0.5) is 15.8 Å². The molecule has 3 aromatic rings. The molecule has 0 atom stereocenters. The number of nitrogens with one attached hydrogen (secondary N) is 2. The van der Waals surface area contributed by atoms with Crippen molar-refractivity contribution in [3.05, 3.63) is 65.4 Å². The molecule has 2 N–H and O–H groups in total. The summed E-state index contributed by atoms with van der Waals surface area (Å²) in [4.78, 5) is 15.3. The number of hydrogen-bond acceptors (Lipinski definition) is 4. The maximum atomic E-state index is 13.9. The van der Waals surface area contributed by atoms with E-state index in [-0.39, 0.29) is 18.1 Å². The molecule has 5 nitrogen and oxygen atoms in total. The van der Waals surface area contributed by atoms with Crippen molar-refractivity contribution in [3.8, 4) is 11.3 Å². The highest BCUT2D eigenvalue weighted by atomic mass is 35.5. The minimum absolute atomic E-state index is 0.195. The summed E-state index contributed by atoms with van der Waals surface area (Å²) in [6.07, 6.45) is 1.59. The largest absolute Gasteiger partial charge is 0.439 e. The third-order valence-corrected chi connectivity index (χ3v) is 3.61. The summed E-state index contributed by atoms with van der Waals surface area (Å²) in [7, 11) is 0. The SMILES string of the molecule is CC(=O)Nc1ccc(F)c(NCc2ncc(-c3cccc(Cl)c3)o2)c1. The molecule has 0 fully saturated rings. The van der Waals surface area contributed by atoms with Gasteiger partial charge in [-0.2, -0.15) is 0 Å². The Morgan fingerprint density at radius 1 is 1.28 bits per heavy atom. The minimum Gasteiger partial charge on any atom is -0.439 e. The third-order valence-electron chi connectivity index (χ3n) is 3.38. The first kappa shape index (κ1) is 17.0. The van der Waals surface area contributed by atoms with E-state index in [4.69, 9.17) is 16.0 Å². The lowest BCUT2D eigenvalue weighted by Gasteiger charge is -2.08. The number of rotatable bonds is 5. The van der Waals surface area contributed by atoms with E-state index in [1.165, 1.54) is 25.1 Å². The zero-order valence-electron chi connectivity index (χ0n) is 13.3. The van der Waals surface area contributed by atoms with E-state index in [0.29, 0.717) is 22.4 Å². The molecule has 0 aliphatic carbocycles. The van der Waals surface area contributed by atoms with Crippen LogP contribution in [-0.2, 0) is 11.3 Å². The van der Waals surface area contributed by atoms with Gasteiger partial charge in [0.1, 0.15) is 5.82 Å². The molecule has 0 aliphatic rings. The Kier molecular flexibility index (Phi) is 5.00. The normalized spacial score (nSPS) is 10.5. The van der Waals surface area contributed by atoms with Crippen LogP contribution in [0.15, 0.2) is 53.1 Å². The van der Waals surface area contributed by atoms with Crippen LogP contribution in [0.5, 0.6) is 0 Å². The van der Waals surface area contributed by atoms with Crippen molar-refractivity contribution in [1.82, 2.24) is 4.98 Å². The molecule has 0 unspecified atom stereocenters. The highest BCUT2D eigenvalue weighted by molar-refractivity contribution is 6.30. The molecule has 0 saturated carbocycles. The summed E-state index contributed by atoms with van der Waals surface area (Å²) in [6, 6.07) is 11.5. The molecule has 0 aliphatic heterocycles. The van der Waals surface area contributed by atoms with Crippen LogP contribution in [0.25, 0.3) is 11.3 Å². The first-order valence-electron chi connectivity index (χ1n) is 7.53. The summed E-state index contributed by atoms with van der Waals surface area (Å²) >= 11 is 5.96. The van der Waals surface area contributed by atoms with Crippen LogP contribution in [0.1, 0.15) is 12.8 Å². The van der Waals surface area contributed by atoms with Gasteiger partial charge in [0.25, 0.3) is 0 Å². The lowest BCUT2D eigenvalue weighted by molar-refractivity contribution is -0.114. The number of anilines is 2. The number of oxazole rings is 1. The topological polar surface area (TPSA) is 67.2 Å². The van der Waals surface area contributed by atoms with Gasteiger partial charge in [-0.3, -0.25) is 4.79 Å². The molecule has 0 spiro atoms. The molecule has 1 heterocycles. The Morgan fingerprint density at radius 2 is 2.12 bits per heavy atom. The fraction of sp³-hybridized carbons (Fsp3) is 0.111. The molecular formula is C18H15ClFN3O2. The molecule has 128 valence electrons. The van der Waals surface area contributed by atoms with E-state index in [2.05, 4.69) is 15.6 Å². The van der Waals surface area contributed by atoms with Crippen molar-refractivity contribution in [2.75, 3.05) is 10.6 Å². The summed E-state index contributed by atoms with van der Waals surface area (Å²) < 4.78 is 19.5. The number of halogens is 2. The molecule has 0 bridgehead atoms. The van der Waals surface area contributed by atoms with Crippen LogP contribution in [0, 0.1) is 5.82 Å². The van der Waals surface area contributed by atoms with Crippen molar-refractivity contribution < 1.29 is 13.6 Å². The van der Waals surface area contributed by atoms with E-state index in [0.717, 1.165) is 5.56 Å². The van der Waals surface area contributed by atoms with Crippen molar-refractivity contribution in [3.63, 3.8) is 0 Å². The molecule has 0 radical (unpaired) electrons. The first-order valence-corrected chi connectivity index (χ1v) is 7.91. The maximum absolute atomic E-state index is 13.9. The number of carbonyl (C=O) groups excluding carboxylic acids is 1. The number of amides is 1. The zero-order chi connectivity index (χ0) is 17.8. The minimum atomic E-state index is -0.435. The van der Waals surface area contributed by atoms with Crippen molar-refractivity contribution in [1.29, 1.82) is 0 Å². The quantitative estimate of drug-likeness (QED) is 0.692. The molecular weight excluding hydrogens is 345 g/mol. The third kappa shape index (κ3) is 4.36. The Hall–Kier alpha value is -2.86. The van der Waals surface area contributed by atoms with Gasteiger partial charge in [0.05, 0.1) is 18.4 Å². The van der Waals surface area contributed by atoms with Crippen LogP contribution < -0.4 is 10.6 Å². The van der Waals surface area contributed by atoms with Gasteiger partial charge in [0.2, 0.25) is 11.8 Å². The summed E-state index contributed by atoms with van der Waals surface area (Å²) in [5.41, 5.74) is 1.56. The lowest BCUT2D eigenvalue weighted by atomic mass is 10.2. The van der Waals surface area contributed by atoms with E-state index in [9.17, 15) is 9.18 Å². The molecule has 2 aromatic carbocycles. The second-order valence-electron chi connectivity index (χ2n) is 5.36. The second kappa shape index (κ2) is 7.36. The average molecular weight is 360 g/mol. The smallest absolute Gasteiger partial charge is 0.221 e. The van der Waals surface area contributed by atoms with Crippen LogP contribution in [0.2, 0.25) is 5.02 Å². The van der Waals surface area contributed by atoms with Crippen LogP contribution >= 0.6 is 11.6 Å². The van der Waals surface area contributed by atoms with Gasteiger partial charge in [0, 0.05) is 23.2 Å². The monoisotopic (exact) mass is 359 g/mol. The van der Waals surface area contributed by atoms with E-state index >= 15 is 0 Å². The Morgan fingerprint density at radius 3 is 2.88 bits per heavy atom. The first-order chi connectivity index (χ1) is 12.0. The number of carbonyl (C=O) groups is 1. The van der Waals surface area contributed by atoms with Gasteiger partial charge in [-0.1, -0.05) is 23.7 Å². The standard InChI is InChI=1S/C18H15ClFN3O2/c1-11(24)23-14-5-6-15(20)16(8-14)21-10-18-22-9-17(25-18)12-3-2-4-13(19)7-12/h2-9,21H,10H2,1H3,(H,23,24). The highest BCUT2D eigenvalue weighted by Gasteiger charge is 2.09. The highest BCUT2D eigenvalue weighted by Crippen LogP contribution is 2.24. The summed E-state index contributed by atoms with van der Waals surface area (Å²) in [6.45, 7) is 1.58. The van der Waals surface area contributed by atoms with Gasteiger partial charge < -0.3 is 15.1 Å². The molecule has 1 amide bonds. The van der Waals surface area contributed by atoms with E-state index < -0.39 is 5.82 Å². The summed E-state index contributed by atoms with van der Waals surface area (Å²) in [5, 5.41) is 6.12. The van der Waals surface area contributed by atoms with Gasteiger partial charge in [-0.25, -0.2) is 9.37 Å². The fourth-order valence-electron chi connectivity index (χ4n) is 2.28. The maximum Gasteiger partial charge on any atom is 0.221 e. The zero-order valence-corrected chi connectivity index (χ0v) is 14.1. The van der Waals surface area contributed by atoms with Crippen LogP contribution in [0.3, 0.4) is 0 Å².